The second kappa shape index (κ2) is 11.4. The smallest absolute Gasteiger partial charge is 0.338 e. The molecule has 0 bridgehead atoms. The van der Waals surface area contributed by atoms with Crippen LogP contribution in [0.4, 0.5) is 0 Å². The minimum absolute atomic E-state index is 0.0694. The molecule has 1 aliphatic rings. The van der Waals surface area contributed by atoms with Crippen molar-refractivity contribution in [2.45, 2.75) is 0 Å². The van der Waals surface area contributed by atoms with E-state index in [0.717, 1.165) is 0 Å². The first-order valence-corrected chi connectivity index (χ1v) is 10.2. The zero-order chi connectivity index (χ0) is 22.1. The standard InChI is InChI=1S/C22H24ClNO7/c1-27-20-13-16(22(26)30-12-11-29-18-4-2-3-17(23)14-18)5-6-19(20)31-15-21(25)24-7-9-28-10-8-24/h2-6,13-14H,7-12,15H2,1H3. The first kappa shape index (κ1) is 22.7. The molecule has 0 aromatic heterocycles. The van der Waals surface area contributed by atoms with Crippen molar-refractivity contribution < 1.29 is 33.3 Å². The quantitative estimate of drug-likeness (QED) is 0.430. The van der Waals surface area contributed by atoms with E-state index in [2.05, 4.69) is 0 Å². The molecule has 0 spiro atoms. The minimum atomic E-state index is -0.524. The van der Waals surface area contributed by atoms with Crippen LogP contribution in [-0.4, -0.2) is 70.0 Å². The van der Waals surface area contributed by atoms with Gasteiger partial charge in [0.15, 0.2) is 18.1 Å². The van der Waals surface area contributed by atoms with Crippen molar-refractivity contribution in [1.82, 2.24) is 4.90 Å². The number of benzene rings is 2. The fourth-order valence-corrected chi connectivity index (χ4v) is 3.07. The highest BCUT2D eigenvalue weighted by atomic mass is 35.5. The molecule has 1 fully saturated rings. The van der Waals surface area contributed by atoms with E-state index in [9.17, 15) is 9.59 Å². The van der Waals surface area contributed by atoms with E-state index in [-0.39, 0.29) is 25.7 Å². The fraction of sp³-hybridized carbons (Fsp3) is 0.364. The predicted molar refractivity (Wildman–Crippen MR) is 113 cm³/mol. The minimum Gasteiger partial charge on any atom is -0.493 e. The molecule has 0 saturated carbocycles. The van der Waals surface area contributed by atoms with E-state index in [1.54, 1.807) is 41.3 Å². The summed E-state index contributed by atoms with van der Waals surface area (Å²) in [6, 6.07) is 11.6. The first-order valence-electron chi connectivity index (χ1n) is 9.78. The largest absolute Gasteiger partial charge is 0.493 e. The Morgan fingerprint density at radius 3 is 2.58 bits per heavy atom. The molecule has 31 heavy (non-hydrogen) atoms. The molecule has 9 heteroatoms. The topological polar surface area (TPSA) is 83.5 Å². The molecule has 1 saturated heterocycles. The lowest BCUT2D eigenvalue weighted by atomic mass is 10.2. The second-order valence-electron chi connectivity index (χ2n) is 6.59. The normalized spacial score (nSPS) is 13.4. The molecule has 166 valence electrons. The second-order valence-corrected chi connectivity index (χ2v) is 7.03. The molecule has 0 atom stereocenters. The highest BCUT2D eigenvalue weighted by Gasteiger charge is 2.19. The van der Waals surface area contributed by atoms with E-state index in [1.807, 2.05) is 0 Å². The molecule has 1 amide bonds. The molecule has 2 aromatic rings. The number of methoxy groups -OCH3 is 1. The molecule has 8 nitrogen and oxygen atoms in total. The van der Waals surface area contributed by atoms with E-state index in [4.69, 9.17) is 35.3 Å². The maximum atomic E-state index is 12.3. The van der Waals surface area contributed by atoms with E-state index in [0.29, 0.717) is 54.1 Å². The maximum Gasteiger partial charge on any atom is 0.338 e. The molecule has 0 aliphatic carbocycles. The number of nitrogens with zero attached hydrogens (tertiary/aromatic N) is 1. The van der Waals surface area contributed by atoms with Gasteiger partial charge in [0.2, 0.25) is 0 Å². The number of morpholine rings is 1. The molecule has 3 rings (SSSR count). The summed E-state index contributed by atoms with van der Waals surface area (Å²) in [7, 11) is 1.46. The van der Waals surface area contributed by atoms with Gasteiger partial charge in [0.1, 0.15) is 19.0 Å². The van der Waals surface area contributed by atoms with E-state index in [1.165, 1.54) is 13.2 Å². The maximum absolute atomic E-state index is 12.3. The Hall–Kier alpha value is -2.97. The molecular formula is C22H24ClNO7. The van der Waals surface area contributed by atoms with Crippen LogP contribution < -0.4 is 14.2 Å². The summed E-state index contributed by atoms with van der Waals surface area (Å²) in [5.74, 6) is 0.639. The zero-order valence-electron chi connectivity index (χ0n) is 17.2. The molecule has 2 aromatic carbocycles. The highest BCUT2D eigenvalue weighted by molar-refractivity contribution is 6.30. The number of carbonyl (C=O) groups is 2. The van der Waals surface area contributed by atoms with Crippen molar-refractivity contribution in [1.29, 1.82) is 0 Å². The van der Waals surface area contributed by atoms with Crippen LogP contribution in [0.15, 0.2) is 42.5 Å². The SMILES string of the molecule is COc1cc(C(=O)OCCOc2cccc(Cl)c2)ccc1OCC(=O)N1CCOCC1. The van der Waals surface area contributed by atoms with Crippen molar-refractivity contribution in [3.63, 3.8) is 0 Å². The van der Waals surface area contributed by atoms with Crippen molar-refractivity contribution in [2.75, 3.05) is 53.2 Å². The Kier molecular flexibility index (Phi) is 8.37. The number of halogens is 1. The number of rotatable bonds is 9. The Morgan fingerprint density at radius 1 is 1.03 bits per heavy atom. The van der Waals surface area contributed by atoms with Crippen LogP contribution in [0.3, 0.4) is 0 Å². The summed E-state index contributed by atoms with van der Waals surface area (Å²) >= 11 is 5.90. The molecule has 1 aliphatic heterocycles. The van der Waals surface area contributed by atoms with Gasteiger partial charge in [-0.15, -0.1) is 0 Å². The van der Waals surface area contributed by atoms with E-state index >= 15 is 0 Å². The van der Waals surface area contributed by atoms with Crippen molar-refractivity contribution in [2.24, 2.45) is 0 Å². The van der Waals surface area contributed by atoms with E-state index < -0.39 is 5.97 Å². The van der Waals surface area contributed by atoms with Crippen molar-refractivity contribution >= 4 is 23.5 Å². The molecule has 0 radical (unpaired) electrons. The fourth-order valence-electron chi connectivity index (χ4n) is 2.89. The van der Waals surface area contributed by atoms with Crippen LogP contribution in [0.1, 0.15) is 10.4 Å². The van der Waals surface area contributed by atoms with Crippen LogP contribution in [-0.2, 0) is 14.3 Å². The van der Waals surface area contributed by atoms with Gasteiger partial charge in [-0.25, -0.2) is 4.79 Å². The van der Waals surface area contributed by atoms with Gasteiger partial charge in [0.05, 0.1) is 25.9 Å². The van der Waals surface area contributed by atoms with Crippen LogP contribution in [0.5, 0.6) is 17.2 Å². The number of hydrogen-bond donors (Lipinski definition) is 0. The van der Waals surface area contributed by atoms with Gasteiger partial charge in [-0.2, -0.15) is 0 Å². The van der Waals surface area contributed by atoms with Gasteiger partial charge in [-0.1, -0.05) is 17.7 Å². The van der Waals surface area contributed by atoms with Crippen LogP contribution in [0, 0.1) is 0 Å². The number of esters is 1. The predicted octanol–water partition coefficient (Wildman–Crippen LogP) is 2.82. The first-order chi connectivity index (χ1) is 15.1. The third-order valence-corrected chi connectivity index (χ3v) is 4.73. The lowest BCUT2D eigenvalue weighted by Crippen LogP contribution is -2.43. The molecule has 0 N–H and O–H groups in total. The third-order valence-electron chi connectivity index (χ3n) is 4.50. The average molecular weight is 450 g/mol. The number of amides is 1. The van der Waals surface area contributed by atoms with Crippen LogP contribution in [0.2, 0.25) is 5.02 Å². The Morgan fingerprint density at radius 2 is 1.84 bits per heavy atom. The number of carbonyl (C=O) groups excluding carboxylic acids is 2. The monoisotopic (exact) mass is 449 g/mol. The molecule has 0 unspecified atom stereocenters. The molecular weight excluding hydrogens is 426 g/mol. The lowest BCUT2D eigenvalue weighted by Gasteiger charge is -2.26. The average Bonchev–Trinajstić information content (AvgIpc) is 2.80. The Labute approximate surface area is 185 Å². The molecule has 1 heterocycles. The van der Waals surface area contributed by atoms with Gasteiger partial charge in [0, 0.05) is 18.1 Å². The Bertz CT molecular complexity index is 899. The Balaban J connectivity index is 1.48. The van der Waals surface area contributed by atoms with Crippen LogP contribution >= 0.6 is 11.6 Å². The number of ether oxygens (including phenoxy) is 5. The highest BCUT2D eigenvalue weighted by Crippen LogP contribution is 2.28. The van der Waals surface area contributed by atoms with Crippen molar-refractivity contribution in [3.05, 3.63) is 53.1 Å². The summed E-state index contributed by atoms with van der Waals surface area (Å²) < 4.78 is 26.8. The van der Waals surface area contributed by atoms with Gasteiger partial charge >= 0.3 is 5.97 Å². The zero-order valence-corrected chi connectivity index (χ0v) is 17.9. The van der Waals surface area contributed by atoms with Crippen molar-refractivity contribution in [3.8, 4) is 17.2 Å². The summed E-state index contributed by atoms with van der Waals surface area (Å²) in [6.07, 6.45) is 0. The lowest BCUT2D eigenvalue weighted by molar-refractivity contribution is -0.137. The summed E-state index contributed by atoms with van der Waals surface area (Å²) in [4.78, 5) is 26.2. The van der Waals surface area contributed by atoms with Gasteiger partial charge in [-0.05, 0) is 36.4 Å². The van der Waals surface area contributed by atoms with Gasteiger partial charge < -0.3 is 28.6 Å². The summed E-state index contributed by atoms with van der Waals surface area (Å²) in [5.41, 5.74) is 0.298. The summed E-state index contributed by atoms with van der Waals surface area (Å²) in [5, 5.41) is 0.565. The number of hydrogen-bond acceptors (Lipinski definition) is 7. The van der Waals surface area contributed by atoms with Gasteiger partial charge in [0.25, 0.3) is 5.91 Å². The van der Waals surface area contributed by atoms with Gasteiger partial charge in [-0.3, -0.25) is 4.79 Å². The van der Waals surface area contributed by atoms with Crippen LogP contribution in [0.25, 0.3) is 0 Å². The third kappa shape index (κ3) is 6.77. The summed E-state index contributed by atoms with van der Waals surface area (Å²) in [6.45, 7) is 2.28.